The monoisotopic (exact) mass is 693 g/mol. The second-order valence-electron chi connectivity index (χ2n) is 14.4. The zero-order valence-electron chi connectivity index (χ0n) is 29.6. The fraction of sp³-hybridized carbons (Fsp3) is 0.0408. The first-order chi connectivity index (χ1) is 26.0. The van der Waals surface area contributed by atoms with E-state index < -0.39 is 8.07 Å². The molecule has 8 aromatic carbocycles. The van der Waals surface area contributed by atoms with Crippen LogP contribution >= 0.6 is 0 Å². The molecule has 4 heteroatoms. The molecule has 0 N–H and O–H groups in total. The first kappa shape index (κ1) is 31.3. The Morgan fingerprint density at radius 2 is 0.830 bits per heavy atom. The standard InChI is InChI=1S/C49H35N3Si/c1-53(2)45-38-22-10-9-19-34(38)27-28-42(45)41-25-14-26-44(46(41)53)49-51-47(36-21-13-20-35(31-36)32-15-5-3-6-16-32)50-48(52-49)43-30-29-37(33-17-7-4-8-18-33)39-23-11-12-24-40(39)43/h3-31H,1-2H3. The molecule has 3 nitrogen and oxygen atoms in total. The predicted molar refractivity (Wildman–Crippen MR) is 224 cm³/mol. The third-order valence-corrected chi connectivity index (χ3v) is 14.5. The maximum Gasteiger partial charge on any atom is 0.164 e. The Bertz CT molecular complexity index is 2860. The van der Waals surface area contributed by atoms with Gasteiger partial charge in [-0.3, -0.25) is 0 Å². The van der Waals surface area contributed by atoms with Crippen molar-refractivity contribution in [3.8, 4) is 67.5 Å². The molecule has 10 rings (SSSR count). The molecule has 0 radical (unpaired) electrons. The lowest BCUT2D eigenvalue weighted by molar-refractivity contribution is 1.08. The van der Waals surface area contributed by atoms with Gasteiger partial charge in [0.1, 0.15) is 8.07 Å². The van der Waals surface area contributed by atoms with Crippen LogP contribution in [0.15, 0.2) is 176 Å². The Morgan fingerprint density at radius 1 is 0.321 bits per heavy atom. The first-order valence-electron chi connectivity index (χ1n) is 18.2. The topological polar surface area (TPSA) is 38.7 Å². The summed E-state index contributed by atoms with van der Waals surface area (Å²) in [5.74, 6) is 2.04. The van der Waals surface area contributed by atoms with E-state index in [1.165, 1.54) is 48.8 Å². The van der Waals surface area contributed by atoms with Gasteiger partial charge in [0.25, 0.3) is 0 Å². The summed E-state index contributed by atoms with van der Waals surface area (Å²) in [6.07, 6.45) is 0. The SMILES string of the molecule is C[Si]1(C)c2c(-c3nc(-c4cccc(-c5ccccc5)c4)nc(-c4ccc(-c5ccccc5)c5ccccc45)n3)cccc2-c2ccc3ccccc3c21. The molecule has 0 bridgehead atoms. The van der Waals surface area contributed by atoms with Gasteiger partial charge in [0.2, 0.25) is 0 Å². The van der Waals surface area contributed by atoms with E-state index in [1.807, 2.05) is 0 Å². The van der Waals surface area contributed by atoms with Gasteiger partial charge in [-0.2, -0.15) is 0 Å². The van der Waals surface area contributed by atoms with Crippen molar-refractivity contribution in [3.63, 3.8) is 0 Å². The van der Waals surface area contributed by atoms with Crippen molar-refractivity contribution in [2.75, 3.05) is 0 Å². The van der Waals surface area contributed by atoms with Crippen LogP contribution in [0.4, 0.5) is 0 Å². The maximum absolute atomic E-state index is 5.40. The molecule has 9 aromatic rings. The summed E-state index contributed by atoms with van der Waals surface area (Å²) < 4.78 is 0. The van der Waals surface area contributed by atoms with Crippen LogP contribution in [0.25, 0.3) is 89.1 Å². The van der Waals surface area contributed by atoms with Crippen molar-refractivity contribution in [3.05, 3.63) is 176 Å². The summed E-state index contributed by atoms with van der Waals surface area (Å²) in [6, 6.07) is 62.7. The zero-order valence-corrected chi connectivity index (χ0v) is 30.6. The highest BCUT2D eigenvalue weighted by molar-refractivity contribution is 7.05. The second-order valence-corrected chi connectivity index (χ2v) is 18.6. The smallest absolute Gasteiger partial charge is 0.164 e. The molecular weight excluding hydrogens is 659 g/mol. The molecule has 0 amide bonds. The number of rotatable bonds is 5. The third kappa shape index (κ3) is 5.14. The molecule has 2 heterocycles. The average Bonchev–Trinajstić information content (AvgIpc) is 3.47. The van der Waals surface area contributed by atoms with Crippen LogP contribution < -0.4 is 10.4 Å². The van der Waals surface area contributed by atoms with Crippen LogP contribution in [-0.2, 0) is 0 Å². The molecule has 53 heavy (non-hydrogen) atoms. The van der Waals surface area contributed by atoms with E-state index in [-0.39, 0.29) is 0 Å². The summed E-state index contributed by atoms with van der Waals surface area (Å²) in [6.45, 7) is 4.96. The highest BCUT2D eigenvalue weighted by Crippen LogP contribution is 2.38. The van der Waals surface area contributed by atoms with Gasteiger partial charge in [-0.15, -0.1) is 0 Å². The van der Waals surface area contributed by atoms with E-state index in [1.54, 1.807) is 0 Å². The Morgan fingerprint density at radius 3 is 1.60 bits per heavy atom. The van der Waals surface area contributed by atoms with Gasteiger partial charge < -0.3 is 0 Å². The molecule has 0 unspecified atom stereocenters. The molecular formula is C49H35N3Si. The Balaban J connectivity index is 1.22. The van der Waals surface area contributed by atoms with E-state index in [9.17, 15) is 0 Å². The van der Waals surface area contributed by atoms with E-state index in [0.717, 1.165) is 33.2 Å². The average molecular weight is 694 g/mol. The quantitative estimate of drug-likeness (QED) is 0.168. The second kappa shape index (κ2) is 12.3. The lowest BCUT2D eigenvalue weighted by Crippen LogP contribution is -2.50. The minimum Gasteiger partial charge on any atom is -0.208 e. The van der Waals surface area contributed by atoms with Gasteiger partial charge in [0.05, 0.1) is 0 Å². The molecule has 0 fully saturated rings. The van der Waals surface area contributed by atoms with Crippen molar-refractivity contribution in [1.82, 2.24) is 15.0 Å². The van der Waals surface area contributed by atoms with Crippen molar-refractivity contribution in [2.45, 2.75) is 13.1 Å². The molecule has 0 spiro atoms. The fourth-order valence-corrected chi connectivity index (χ4v) is 12.3. The van der Waals surface area contributed by atoms with E-state index in [0.29, 0.717) is 17.5 Å². The van der Waals surface area contributed by atoms with Gasteiger partial charge in [0, 0.05) is 16.7 Å². The molecule has 1 aromatic heterocycles. The maximum atomic E-state index is 5.40. The summed E-state index contributed by atoms with van der Waals surface area (Å²) in [5.41, 5.74) is 10.3. The van der Waals surface area contributed by atoms with Crippen LogP contribution in [0.1, 0.15) is 0 Å². The normalized spacial score (nSPS) is 12.9. The van der Waals surface area contributed by atoms with Gasteiger partial charge in [-0.25, -0.2) is 15.0 Å². The van der Waals surface area contributed by atoms with Gasteiger partial charge in [0.15, 0.2) is 17.5 Å². The molecule has 0 aliphatic carbocycles. The Hall–Kier alpha value is -6.49. The largest absolute Gasteiger partial charge is 0.208 e. The summed E-state index contributed by atoms with van der Waals surface area (Å²) in [5, 5.41) is 7.80. The Labute approximate surface area is 310 Å². The van der Waals surface area contributed by atoms with E-state index >= 15 is 0 Å². The minimum absolute atomic E-state index is 0.664. The van der Waals surface area contributed by atoms with Crippen LogP contribution in [-0.4, -0.2) is 23.0 Å². The van der Waals surface area contributed by atoms with Crippen molar-refractivity contribution in [1.29, 1.82) is 0 Å². The number of hydrogen-bond acceptors (Lipinski definition) is 3. The molecule has 1 aliphatic rings. The number of benzene rings is 8. The molecule has 0 saturated carbocycles. The van der Waals surface area contributed by atoms with Crippen molar-refractivity contribution in [2.24, 2.45) is 0 Å². The van der Waals surface area contributed by atoms with Crippen molar-refractivity contribution < 1.29 is 0 Å². The predicted octanol–water partition coefficient (Wildman–Crippen LogP) is 11.3. The molecule has 0 atom stereocenters. The van der Waals surface area contributed by atoms with Crippen LogP contribution in [0.5, 0.6) is 0 Å². The third-order valence-electron chi connectivity index (χ3n) is 10.9. The molecule has 0 saturated heterocycles. The van der Waals surface area contributed by atoms with Crippen LogP contribution in [0, 0.1) is 0 Å². The molecule has 1 aliphatic heterocycles. The van der Waals surface area contributed by atoms with E-state index in [4.69, 9.17) is 15.0 Å². The number of aromatic nitrogens is 3. The fourth-order valence-electron chi connectivity index (χ4n) is 8.51. The Kier molecular flexibility index (Phi) is 7.27. The lowest BCUT2D eigenvalue weighted by Gasteiger charge is -2.23. The summed E-state index contributed by atoms with van der Waals surface area (Å²) in [4.78, 5) is 16.0. The summed E-state index contributed by atoms with van der Waals surface area (Å²) in [7, 11) is -2.21. The minimum atomic E-state index is -2.21. The van der Waals surface area contributed by atoms with Gasteiger partial charge >= 0.3 is 0 Å². The highest BCUT2D eigenvalue weighted by Gasteiger charge is 2.41. The number of hydrogen-bond donors (Lipinski definition) is 0. The number of fused-ring (bicyclic) bond motifs is 6. The molecule has 250 valence electrons. The van der Waals surface area contributed by atoms with E-state index in [2.05, 4.69) is 189 Å². The van der Waals surface area contributed by atoms with Crippen LogP contribution in [0.2, 0.25) is 13.1 Å². The zero-order chi connectivity index (χ0) is 35.5. The summed E-state index contributed by atoms with van der Waals surface area (Å²) >= 11 is 0. The highest BCUT2D eigenvalue weighted by atomic mass is 28.3. The number of nitrogens with zero attached hydrogens (tertiary/aromatic N) is 3. The van der Waals surface area contributed by atoms with Gasteiger partial charge in [-0.05, 0) is 77.4 Å². The van der Waals surface area contributed by atoms with Gasteiger partial charge in [-0.1, -0.05) is 177 Å². The van der Waals surface area contributed by atoms with Crippen molar-refractivity contribution >= 4 is 40.0 Å². The lowest BCUT2D eigenvalue weighted by atomic mass is 9.94. The first-order valence-corrected chi connectivity index (χ1v) is 21.2. The van der Waals surface area contributed by atoms with Crippen LogP contribution in [0.3, 0.4) is 0 Å².